The number of fused-ring (bicyclic) bond motifs is 3. The lowest BCUT2D eigenvalue weighted by Gasteiger charge is -2.16. The Kier molecular flexibility index (Phi) is 12.8. The van der Waals surface area contributed by atoms with Gasteiger partial charge in [-0.3, -0.25) is 14.4 Å². The summed E-state index contributed by atoms with van der Waals surface area (Å²) >= 11 is 0. The van der Waals surface area contributed by atoms with Gasteiger partial charge in [-0.05, 0) is 106 Å². The maximum atomic E-state index is 9.85. The molecule has 7 aromatic rings. The van der Waals surface area contributed by atoms with Gasteiger partial charge in [0.05, 0.1) is 41.2 Å². The number of aliphatic imine (C=N–C) groups is 1. The van der Waals surface area contributed by atoms with Gasteiger partial charge in [-0.1, -0.05) is 66.7 Å². The topological polar surface area (TPSA) is 127 Å². The molecule has 0 bridgehead atoms. The van der Waals surface area contributed by atoms with Gasteiger partial charge in [0, 0.05) is 35.6 Å². The first kappa shape index (κ1) is 39.7. The van der Waals surface area contributed by atoms with E-state index in [2.05, 4.69) is 39.5 Å². The zero-order valence-corrected chi connectivity index (χ0v) is 32.5. The first-order valence-corrected chi connectivity index (χ1v) is 18.9. The molecule has 0 atom stereocenters. The Morgan fingerprint density at radius 3 is 1.66 bits per heavy atom. The van der Waals surface area contributed by atoms with Crippen LogP contribution >= 0.6 is 0 Å². The lowest BCUT2D eigenvalue weighted by Crippen LogP contribution is -2.21. The van der Waals surface area contributed by atoms with Crippen LogP contribution in [-0.4, -0.2) is 52.3 Å². The molecule has 0 fully saturated rings. The summed E-state index contributed by atoms with van der Waals surface area (Å²) in [6.45, 7) is 10.5. The maximum Gasteiger partial charge on any atom is 0.120 e. The number of phenols is 1. The van der Waals surface area contributed by atoms with Crippen LogP contribution in [0.15, 0.2) is 133 Å². The Bertz CT molecular complexity index is 2340. The Balaban J connectivity index is 0.000000146. The van der Waals surface area contributed by atoms with Crippen LogP contribution in [0.5, 0.6) is 17.2 Å². The summed E-state index contributed by atoms with van der Waals surface area (Å²) in [6, 6.07) is 37.6. The fourth-order valence-electron chi connectivity index (χ4n) is 6.00. The van der Waals surface area contributed by atoms with Gasteiger partial charge in [-0.15, -0.1) is 0 Å². The second-order valence-corrected chi connectivity index (χ2v) is 15.2. The average molecular weight is 754 g/mol. The fraction of sp³-hybridized carbons (Fsp3) is 0.283. The van der Waals surface area contributed by atoms with Gasteiger partial charge in [-0.2, -0.15) is 10.2 Å². The van der Waals surface area contributed by atoms with E-state index in [4.69, 9.17) is 9.47 Å². The monoisotopic (exact) mass is 753 g/mol. The number of hydrogen-bond acceptors (Lipinski definition) is 8. The molecule has 0 saturated carbocycles. The number of aromatic nitrogens is 4. The SMILES string of the molecule is C1=NCc2ccc(OCc3ccccc3)cc21.CC(C)(O)CCn1ncc2cc(O)ccc21.CC(C)(O)CCn1ncc2cc(OCc3ccccc3)ccc21. The van der Waals surface area contributed by atoms with Crippen molar-refractivity contribution in [2.24, 2.45) is 4.99 Å². The van der Waals surface area contributed by atoms with Crippen molar-refractivity contribution in [3.05, 3.63) is 150 Å². The van der Waals surface area contributed by atoms with Gasteiger partial charge < -0.3 is 24.8 Å². The molecule has 10 nitrogen and oxygen atoms in total. The highest BCUT2D eigenvalue weighted by atomic mass is 16.5. The van der Waals surface area contributed by atoms with E-state index in [0.717, 1.165) is 45.4 Å². The van der Waals surface area contributed by atoms with E-state index in [-0.39, 0.29) is 5.75 Å². The maximum absolute atomic E-state index is 9.85. The third-order valence-corrected chi connectivity index (χ3v) is 9.22. The van der Waals surface area contributed by atoms with E-state index in [0.29, 0.717) is 39.1 Å². The second-order valence-electron chi connectivity index (χ2n) is 15.2. The highest BCUT2D eigenvalue weighted by Crippen LogP contribution is 2.24. The second kappa shape index (κ2) is 18.1. The summed E-state index contributed by atoms with van der Waals surface area (Å²) in [6.07, 6.45) is 6.78. The number of aromatic hydroxyl groups is 1. The number of rotatable bonds is 12. The first-order chi connectivity index (χ1) is 26.9. The third-order valence-electron chi connectivity index (χ3n) is 9.22. The van der Waals surface area contributed by atoms with Crippen molar-refractivity contribution in [2.45, 2.75) is 84.6 Å². The van der Waals surface area contributed by atoms with E-state index in [9.17, 15) is 15.3 Å². The zero-order chi connectivity index (χ0) is 39.5. The molecule has 290 valence electrons. The smallest absolute Gasteiger partial charge is 0.120 e. The summed E-state index contributed by atoms with van der Waals surface area (Å²) < 4.78 is 15.4. The lowest BCUT2D eigenvalue weighted by atomic mass is 10.1. The van der Waals surface area contributed by atoms with Crippen molar-refractivity contribution in [2.75, 3.05) is 0 Å². The molecule has 1 aliphatic heterocycles. The van der Waals surface area contributed by atoms with Crippen molar-refractivity contribution in [1.29, 1.82) is 0 Å². The van der Waals surface area contributed by atoms with Gasteiger partial charge in [0.2, 0.25) is 0 Å². The number of hydrogen-bond donors (Lipinski definition) is 3. The van der Waals surface area contributed by atoms with Crippen molar-refractivity contribution in [3.8, 4) is 17.2 Å². The third kappa shape index (κ3) is 11.8. The van der Waals surface area contributed by atoms with Gasteiger partial charge in [-0.25, -0.2) is 0 Å². The van der Waals surface area contributed by atoms with Crippen LogP contribution in [-0.2, 0) is 32.8 Å². The summed E-state index contributed by atoms with van der Waals surface area (Å²) in [7, 11) is 0. The molecule has 8 rings (SSSR count). The van der Waals surface area contributed by atoms with E-state index in [1.807, 2.05) is 114 Å². The van der Waals surface area contributed by atoms with Gasteiger partial charge in [0.1, 0.15) is 30.5 Å². The molecule has 0 saturated heterocycles. The van der Waals surface area contributed by atoms with Crippen LogP contribution in [0.2, 0.25) is 0 Å². The van der Waals surface area contributed by atoms with E-state index in [1.54, 1.807) is 32.2 Å². The molecule has 0 spiro atoms. The standard InChI is InChI=1S/C19H22N2O2.C15H13NO.C12H16N2O2/c1-19(2,22)10-11-21-18-9-8-17(12-16(18)13-20-21)23-14-15-6-4-3-5-7-15;1-2-4-12(5-3-1)11-17-15-7-6-13-9-16-10-14(13)8-15;1-12(2,16)5-6-14-11-4-3-10(15)7-9(11)8-13-14/h3-9,12-13,22H,10-11,14H2,1-2H3;1-8,10H,9,11H2;3-4,7-8,15-16H,5-6H2,1-2H3. The number of aliphatic hydroxyl groups is 2. The summed E-state index contributed by atoms with van der Waals surface area (Å²) in [4.78, 5) is 4.23. The molecule has 0 amide bonds. The van der Waals surface area contributed by atoms with Crippen molar-refractivity contribution in [3.63, 3.8) is 0 Å². The molecule has 10 heteroatoms. The number of nitrogens with zero attached hydrogens (tertiary/aromatic N) is 5. The normalized spacial score (nSPS) is 12.1. The van der Waals surface area contributed by atoms with Crippen LogP contribution in [0, 0.1) is 0 Å². The fourth-order valence-corrected chi connectivity index (χ4v) is 6.00. The molecule has 0 unspecified atom stereocenters. The molecule has 56 heavy (non-hydrogen) atoms. The van der Waals surface area contributed by atoms with Crippen LogP contribution in [0.1, 0.15) is 62.8 Å². The van der Waals surface area contributed by atoms with Crippen LogP contribution in [0.25, 0.3) is 21.8 Å². The van der Waals surface area contributed by atoms with Crippen molar-refractivity contribution >= 4 is 28.0 Å². The Hall–Kier alpha value is -5.97. The summed E-state index contributed by atoms with van der Waals surface area (Å²) in [5, 5.41) is 39.4. The summed E-state index contributed by atoms with van der Waals surface area (Å²) in [5.41, 5.74) is 5.44. The predicted molar refractivity (Wildman–Crippen MR) is 222 cm³/mol. The minimum absolute atomic E-state index is 0.245. The first-order valence-electron chi connectivity index (χ1n) is 18.9. The number of ether oxygens (including phenoxy) is 2. The van der Waals surface area contributed by atoms with Crippen LogP contribution < -0.4 is 9.47 Å². The largest absolute Gasteiger partial charge is 0.508 e. The van der Waals surface area contributed by atoms with Crippen LogP contribution in [0.4, 0.5) is 0 Å². The van der Waals surface area contributed by atoms with Gasteiger partial charge >= 0.3 is 0 Å². The Labute approximate surface area is 328 Å². The summed E-state index contributed by atoms with van der Waals surface area (Å²) in [5.74, 6) is 1.99. The molecule has 5 aromatic carbocycles. The van der Waals surface area contributed by atoms with E-state index < -0.39 is 11.2 Å². The van der Waals surface area contributed by atoms with Crippen LogP contribution in [0.3, 0.4) is 0 Å². The van der Waals surface area contributed by atoms with Gasteiger partial charge in [0.25, 0.3) is 0 Å². The molecule has 3 heterocycles. The minimum atomic E-state index is -0.685. The highest BCUT2D eigenvalue weighted by Gasteiger charge is 2.15. The molecule has 2 aromatic heterocycles. The molecular weight excluding hydrogens is 703 g/mol. The van der Waals surface area contributed by atoms with E-state index >= 15 is 0 Å². The Morgan fingerprint density at radius 1 is 0.607 bits per heavy atom. The lowest BCUT2D eigenvalue weighted by molar-refractivity contribution is 0.0649. The molecule has 3 N–H and O–H groups in total. The van der Waals surface area contributed by atoms with Gasteiger partial charge in [0.15, 0.2) is 0 Å². The number of aryl methyl sites for hydroxylation is 2. The molecule has 0 radical (unpaired) electrons. The van der Waals surface area contributed by atoms with Crippen molar-refractivity contribution in [1.82, 2.24) is 19.6 Å². The van der Waals surface area contributed by atoms with E-state index in [1.165, 1.54) is 16.7 Å². The quantitative estimate of drug-likeness (QED) is 0.114. The van der Waals surface area contributed by atoms with Crippen molar-refractivity contribution < 1.29 is 24.8 Å². The molecule has 0 aliphatic carbocycles. The Morgan fingerprint density at radius 2 is 1.11 bits per heavy atom. The minimum Gasteiger partial charge on any atom is -0.508 e. The molecular formula is C46H51N5O5. The highest BCUT2D eigenvalue weighted by molar-refractivity contribution is 5.85. The number of phenolic OH excluding ortho intramolecular Hbond substituents is 1. The average Bonchev–Trinajstić information content (AvgIpc) is 3.93. The number of benzene rings is 5. The zero-order valence-electron chi connectivity index (χ0n) is 32.5. The predicted octanol–water partition coefficient (Wildman–Crippen LogP) is 8.88. The molecule has 1 aliphatic rings.